The number of nitrogens with zero attached hydrogens (tertiary/aromatic N) is 2. The molecule has 2 aromatic rings. The van der Waals surface area contributed by atoms with Gasteiger partial charge in [-0.05, 0) is 12.1 Å². The Kier molecular flexibility index (Phi) is 3.09. The summed E-state index contributed by atoms with van der Waals surface area (Å²) < 4.78 is 13.5. The molecule has 17 heavy (non-hydrogen) atoms. The molecular weight excluding hydrogens is 221 g/mol. The lowest BCUT2D eigenvalue weighted by molar-refractivity contribution is 0.103. The number of hydrogen-bond acceptors (Lipinski definition) is 4. The largest absolute Gasteiger partial charge is 0.386 e. The van der Waals surface area contributed by atoms with Gasteiger partial charge in [0.15, 0.2) is 5.78 Å². The molecule has 0 aliphatic heterocycles. The highest BCUT2D eigenvalue weighted by atomic mass is 19.1. The van der Waals surface area contributed by atoms with Gasteiger partial charge in [-0.3, -0.25) is 4.79 Å². The second-order valence-corrected chi connectivity index (χ2v) is 3.38. The molecule has 0 spiro atoms. The summed E-state index contributed by atoms with van der Waals surface area (Å²) in [6, 6.07) is 5.85. The van der Waals surface area contributed by atoms with Gasteiger partial charge in [0.05, 0.1) is 29.2 Å². The maximum Gasteiger partial charge on any atom is 0.199 e. The third kappa shape index (κ3) is 2.13. The molecule has 1 aromatic heterocycles. The van der Waals surface area contributed by atoms with Crippen molar-refractivity contribution in [2.75, 3.05) is 12.4 Å². The molecule has 2 rings (SSSR count). The van der Waals surface area contributed by atoms with Crippen LogP contribution in [0.25, 0.3) is 0 Å². The molecule has 1 N–H and O–H groups in total. The third-order valence-corrected chi connectivity index (χ3v) is 2.36. The van der Waals surface area contributed by atoms with Gasteiger partial charge in [0.25, 0.3) is 0 Å². The van der Waals surface area contributed by atoms with Crippen molar-refractivity contribution in [1.82, 2.24) is 10.2 Å². The van der Waals surface area contributed by atoms with Gasteiger partial charge < -0.3 is 5.32 Å². The lowest BCUT2D eigenvalue weighted by Gasteiger charge is -2.06. The minimum Gasteiger partial charge on any atom is -0.386 e. The number of hydrogen-bond donors (Lipinski definition) is 1. The first-order valence-corrected chi connectivity index (χ1v) is 5.01. The number of halogens is 1. The summed E-state index contributed by atoms with van der Waals surface area (Å²) in [5.41, 5.74) is 0.845. The summed E-state index contributed by atoms with van der Waals surface area (Å²) in [6.07, 6.45) is 2.74. The van der Waals surface area contributed by atoms with Crippen LogP contribution < -0.4 is 5.32 Å². The maximum atomic E-state index is 13.5. The van der Waals surface area contributed by atoms with Crippen LogP contribution in [-0.2, 0) is 0 Å². The molecule has 4 nitrogen and oxygen atoms in total. The molecule has 0 saturated carbocycles. The van der Waals surface area contributed by atoms with Crippen LogP contribution in [0.2, 0.25) is 0 Å². The smallest absolute Gasteiger partial charge is 0.199 e. The van der Waals surface area contributed by atoms with Crippen LogP contribution in [0.3, 0.4) is 0 Å². The fourth-order valence-electron chi connectivity index (χ4n) is 1.49. The number of benzene rings is 1. The van der Waals surface area contributed by atoms with Crippen LogP contribution in [0.5, 0.6) is 0 Å². The van der Waals surface area contributed by atoms with E-state index >= 15 is 0 Å². The molecule has 0 radical (unpaired) electrons. The van der Waals surface area contributed by atoms with Crippen molar-refractivity contribution in [1.29, 1.82) is 0 Å². The predicted octanol–water partition coefficient (Wildman–Crippen LogP) is 1.89. The zero-order valence-electron chi connectivity index (χ0n) is 9.14. The Morgan fingerprint density at radius 3 is 2.59 bits per heavy atom. The Hall–Kier alpha value is -2.30. The SMILES string of the molecule is CNc1cnncc1C(=O)c1ccccc1F. The van der Waals surface area contributed by atoms with Crippen molar-refractivity contribution >= 4 is 11.5 Å². The van der Waals surface area contributed by atoms with Crippen molar-refractivity contribution in [3.63, 3.8) is 0 Å². The molecular formula is C12H10FN3O. The summed E-state index contributed by atoms with van der Waals surface area (Å²) >= 11 is 0. The van der Waals surface area contributed by atoms with Crippen molar-refractivity contribution in [2.24, 2.45) is 0 Å². The average Bonchev–Trinajstić information content (AvgIpc) is 2.38. The first-order valence-electron chi connectivity index (χ1n) is 5.01. The van der Waals surface area contributed by atoms with Crippen molar-refractivity contribution in [2.45, 2.75) is 0 Å². The van der Waals surface area contributed by atoms with Crippen LogP contribution in [0, 0.1) is 5.82 Å². The quantitative estimate of drug-likeness (QED) is 0.819. The van der Waals surface area contributed by atoms with Gasteiger partial charge in [-0.1, -0.05) is 12.1 Å². The average molecular weight is 231 g/mol. The number of anilines is 1. The molecule has 1 aromatic carbocycles. The first-order chi connectivity index (χ1) is 8.24. The van der Waals surface area contributed by atoms with E-state index in [9.17, 15) is 9.18 Å². The van der Waals surface area contributed by atoms with Gasteiger partial charge in [-0.15, -0.1) is 0 Å². The van der Waals surface area contributed by atoms with E-state index in [0.717, 1.165) is 0 Å². The Labute approximate surface area is 97.5 Å². The molecule has 0 saturated heterocycles. The first kappa shape index (κ1) is 11.2. The van der Waals surface area contributed by atoms with Crippen molar-refractivity contribution in [3.05, 3.63) is 53.6 Å². The van der Waals surface area contributed by atoms with Gasteiger partial charge in [0.1, 0.15) is 5.82 Å². The van der Waals surface area contributed by atoms with E-state index in [1.807, 2.05) is 0 Å². The highest BCUT2D eigenvalue weighted by Gasteiger charge is 2.16. The van der Waals surface area contributed by atoms with Crippen molar-refractivity contribution in [3.8, 4) is 0 Å². The van der Waals surface area contributed by atoms with Crippen LogP contribution in [0.1, 0.15) is 15.9 Å². The number of ketones is 1. The number of nitrogens with one attached hydrogen (secondary N) is 1. The van der Waals surface area contributed by atoms with E-state index in [4.69, 9.17) is 0 Å². The van der Waals surface area contributed by atoms with E-state index in [1.165, 1.54) is 30.6 Å². The number of carbonyl (C=O) groups excluding carboxylic acids is 1. The summed E-state index contributed by atoms with van der Waals surface area (Å²) in [6.45, 7) is 0. The van der Waals surface area contributed by atoms with E-state index in [0.29, 0.717) is 11.3 Å². The van der Waals surface area contributed by atoms with E-state index < -0.39 is 11.6 Å². The van der Waals surface area contributed by atoms with Gasteiger partial charge in [-0.25, -0.2) is 4.39 Å². The van der Waals surface area contributed by atoms with Crippen LogP contribution in [0.4, 0.5) is 10.1 Å². The van der Waals surface area contributed by atoms with E-state index in [1.54, 1.807) is 13.1 Å². The Bertz CT molecular complexity index is 557. The highest BCUT2D eigenvalue weighted by molar-refractivity contribution is 6.12. The number of rotatable bonds is 3. The van der Waals surface area contributed by atoms with E-state index in [2.05, 4.69) is 15.5 Å². The highest BCUT2D eigenvalue weighted by Crippen LogP contribution is 2.18. The molecule has 0 amide bonds. The van der Waals surface area contributed by atoms with Gasteiger partial charge in [0.2, 0.25) is 0 Å². The summed E-state index contributed by atoms with van der Waals surface area (Å²) in [4.78, 5) is 12.1. The molecule has 5 heteroatoms. The predicted molar refractivity (Wildman–Crippen MR) is 61.4 cm³/mol. The molecule has 0 atom stereocenters. The normalized spacial score (nSPS) is 10.0. The zero-order chi connectivity index (χ0) is 12.3. The Balaban J connectivity index is 2.48. The number of aromatic nitrogens is 2. The molecule has 1 heterocycles. The standard InChI is InChI=1S/C12H10FN3O/c1-14-11-7-16-15-6-9(11)12(17)8-4-2-3-5-10(8)13/h2-7H,1H3,(H,14,15). The molecule has 0 aliphatic carbocycles. The van der Waals surface area contributed by atoms with Gasteiger partial charge in [0, 0.05) is 7.05 Å². The summed E-state index contributed by atoms with van der Waals surface area (Å²) in [5, 5.41) is 10.1. The second-order valence-electron chi connectivity index (χ2n) is 3.38. The Morgan fingerprint density at radius 2 is 1.88 bits per heavy atom. The molecule has 86 valence electrons. The van der Waals surface area contributed by atoms with Gasteiger partial charge in [-0.2, -0.15) is 10.2 Å². The fraction of sp³-hybridized carbons (Fsp3) is 0.0833. The van der Waals surface area contributed by atoms with Gasteiger partial charge >= 0.3 is 0 Å². The Morgan fingerprint density at radius 1 is 1.18 bits per heavy atom. The molecule has 0 unspecified atom stereocenters. The monoisotopic (exact) mass is 231 g/mol. The van der Waals surface area contributed by atoms with Crippen molar-refractivity contribution < 1.29 is 9.18 Å². The molecule has 0 bridgehead atoms. The zero-order valence-corrected chi connectivity index (χ0v) is 9.14. The lowest BCUT2D eigenvalue weighted by Crippen LogP contribution is -2.08. The number of carbonyl (C=O) groups is 1. The minimum atomic E-state index is -0.545. The fourth-order valence-corrected chi connectivity index (χ4v) is 1.49. The summed E-state index contributed by atoms with van der Waals surface area (Å²) in [5.74, 6) is -0.960. The topological polar surface area (TPSA) is 54.9 Å². The lowest BCUT2D eigenvalue weighted by atomic mass is 10.0. The summed E-state index contributed by atoms with van der Waals surface area (Å²) in [7, 11) is 1.66. The van der Waals surface area contributed by atoms with Crippen LogP contribution in [-0.4, -0.2) is 23.0 Å². The maximum absolute atomic E-state index is 13.5. The second kappa shape index (κ2) is 4.69. The van der Waals surface area contributed by atoms with Crippen LogP contribution in [0.15, 0.2) is 36.7 Å². The van der Waals surface area contributed by atoms with E-state index in [-0.39, 0.29) is 5.56 Å². The molecule has 0 aliphatic rings. The minimum absolute atomic E-state index is 0.0250. The van der Waals surface area contributed by atoms with Crippen LogP contribution >= 0.6 is 0 Å². The third-order valence-electron chi connectivity index (χ3n) is 2.36. The molecule has 0 fully saturated rings.